The molecule has 0 saturated heterocycles. The lowest BCUT2D eigenvalue weighted by Crippen LogP contribution is -1.97. The van der Waals surface area contributed by atoms with Crippen molar-refractivity contribution in [1.29, 1.82) is 0 Å². The highest BCUT2D eigenvalue weighted by Gasteiger charge is 2.11. The Kier molecular flexibility index (Phi) is 2.44. The van der Waals surface area contributed by atoms with Crippen molar-refractivity contribution >= 4 is 21.6 Å². The third kappa shape index (κ3) is 1.80. The lowest BCUT2D eigenvalue weighted by atomic mass is 10.1. The number of hydrogen-bond donors (Lipinski definition) is 0. The molecule has 0 N–H and O–H groups in total. The summed E-state index contributed by atoms with van der Waals surface area (Å²) in [7, 11) is 0. The molecule has 0 bridgehead atoms. The minimum atomic E-state index is -0.214. The summed E-state index contributed by atoms with van der Waals surface area (Å²) in [4.78, 5) is 4.36. The third-order valence-corrected chi connectivity index (χ3v) is 2.77. The van der Waals surface area contributed by atoms with Crippen LogP contribution in [-0.2, 0) is 0 Å². The van der Waals surface area contributed by atoms with Crippen molar-refractivity contribution in [3.05, 3.63) is 34.1 Å². The number of hydrogen-bond acceptors (Lipinski definition) is 1. The molecule has 2 rings (SSSR count). The minimum absolute atomic E-state index is 0.214. The molecule has 1 aliphatic heterocycles. The summed E-state index contributed by atoms with van der Waals surface area (Å²) in [5, 5.41) is 0. The van der Waals surface area contributed by atoms with Crippen LogP contribution < -0.4 is 0 Å². The van der Waals surface area contributed by atoms with Gasteiger partial charge in [-0.15, -0.1) is 0 Å². The summed E-state index contributed by atoms with van der Waals surface area (Å²) in [6.45, 7) is 0.902. The number of halogens is 2. The van der Waals surface area contributed by atoms with Crippen molar-refractivity contribution in [2.75, 3.05) is 6.54 Å². The summed E-state index contributed by atoms with van der Waals surface area (Å²) >= 11 is 3.34. The highest BCUT2D eigenvalue weighted by molar-refractivity contribution is 9.10. The van der Waals surface area contributed by atoms with Gasteiger partial charge in [0, 0.05) is 22.3 Å². The van der Waals surface area contributed by atoms with Gasteiger partial charge >= 0.3 is 0 Å². The lowest BCUT2D eigenvalue weighted by Gasteiger charge is -2.03. The van der Waals surface area contributed by atoms with Crippen molar-refractivity contribution < 1.29 is 4.39 Å². The summed E-state index contributed by atoms with van der Waals surface area (Å²) < 4.78 is 13.6. The fraction of sp³-hybridized carbons (Fsp3) is 0.300. The molecular weight excluding hydrogens is 233 g/mol. The molecule has 0 atom stereocenters. The lowest BCUT2D eigenvalue weighted by molar-refractivity contribution is 0.627. The molecule has 0 radical (unpaired) electrons. The average molecular weight is 242 g/mol. The second-order valence-electron chi connectivity index (χ2n) is 3.06. The molecule has 0 aromatic heterocycles. The highest BCUT2D eigenvalue weighted by Crippen LogP contribution is 2.22. The first-order valence-electron chi connectivity index (χ1n) is 4.26. The molecule has 1 aromatic rings. The molecular formula is C10H9BrFN. The van der Waals surface area contributed by atoms with E-state index < -0.39 is 0 Å². The van der Waals surface area contributed by atoms with Gasteiger partial charge in [0.2, 0.25) is 0 Å². The van der Waals surface area contributed by atoms with Crippen molar-refractivity contribution in [2.24, 2.45) is 4.99 Å². The molecule has 0 unspecified atom stereocenters. The van der Waals surface area contributed by atoms with E-state index >= 15 is 0 Å². The average Bonchev–Trinajstić information content (AvgIpc) is 2.56. The maximum Gasteiger partial charge on any atom is 0.124 e. The Morgan fingerprint density at radius 2 is 2.23 bits per heavy atom. The van der Waals surface area contributed by atoms with Gasteiger partial charge in [-0.05, 0) is 31.0 Å². The van der Waals surface area contributed by atoms with Gasteiger partial charge in [-0.1, -0.05) is 15.9 Å². The molecule has 13 heavy (non-hydrogen) atoms. The number of benzene rings is 1. The molecule has 0 spiro atoms. The zero-order valence-corrected chi connectivity index (χ0v) is 8.64. The molecule has 0 fully saturated rings. The van der Waals surface area contributed by atoms with Crippen LogP contribution in [0.3, 0.4) is 0 Å². The van der Waals surface area contributed by atoms with Crippen molar-refractivity contribution in [2.45, 2.75) is 12.8 Å². The first-order chi connectivity index (χ1) is 6.27. The minimum Gasteiger partial charge on any atom is -0.289 e. The van der Waals surface area contributed by atoms with E-state index in [1.165, 1.54) is 12.1 Å². The van der Waals surface area contributed by atoms with Crippen LogP contribution in [-0.4, -0.2) is 12.3 Å². The molecule has 0 aliphatic carbocycles. The van der Waals surface area contributed by atoms with Crippen molar-refractivity contribution in [3.63, 3.8) is 0 Å². The van der Waals surface area contributed by atoms with E-state index in [9.17, 15) is 4.39 Å². The molecule has 1 heterocycles. The molecule has 0 amide bonds. The zero-order valence-electron chi connectivity index (χ0n) is 7.06. The van der Waals surface area contributed by atoms with Gasteiger partial charge in [0.15, 0.2) is 0 Å². The van der Waals surface area contributed by atoms with E-state index in [0.29, 0.717) is 0 Å². The fourth-order valence-corrected chi connectivity index (χ4v) is 2.06. The molecule has 3 heteroatoms. The predicted octanol–water partition coefficient (Wildman–Crippen LogP) is 3.17. The first-order valence-corrected chi connectivity index (χ1v) is 5.05. The maximum atomic E-state index is 12.8. The van der Waals surface area contributed by atoms with Crippen LogP contribution in [0.5, 0.6) is 0 Å². The van der Waals surface area contributed by atoms with Crippen LogP contribution in [0.1, 0.15) is 18.4 Å². The highest BCUT2D eigenvalue weighted by atomic mass is 79.9. The fourth-order valence-electron chi connectivity index (χ4n) is 1.48. The largest absolute Gasteiger partial charge is 0.289 e. The van der Waals surface area contributed by atoms with Gasteiger partial charge < -0.3 is 0 Å². The number of nitrogens with zero attached hydrogens (tertiary/aromatic N) is 1. The molecule has 68 valence electrons. The Hall–Kier alpha value is -0.700. The second-order valence-corrected chi connectivity index (χ2v) is 3.91. The van der Waals surface area contributed by atoms with E-state index in [4.69, 9.17) is 0 Å². The Labute approximate surface area is 84.8 Å². The summed E-state index contributed by atoms with van der Waals surface area (Å²) in [5.74, 6) is -0.214. The Morgan fingerprint density at radius 1 is 1.38 bits per heavy atom. The van der Waals surface area contributed by atoms with Gasteiger partial charge in [-0.2, -0.15) is 0 Å². The standard InChI is InChI=1S/C10H9BrFN/c11-9-6-7(12)3-4-8(9)10-2-1-5-13-10/h3-4,6H,1-2,5H2. The first kappa shape index (κ1) is 8.88. The van der Waals surface area contributed by atoms with Gasteiger partial charge in [0.05, 0.1) is 0 Å². The second kappa shape index (κ2) is 3.58. The Balaban J connectivity index is 2.40. The topological polar surface area (TPSA) is 12.4 Å². The normalized spacial score (nSPS) is 16.0. The quantitative estimate of drug-likeness (QED) is 0.717. The third-order valence-electron chi connectivity index (χ3n) is 2.12. The molecule has 1 aromatic carbocycles. The van der Waals surface area contributed by atoms with Crippen molar-refractivity contribution in [3.8, 4) is 0 Å². The van der Waals surface area contributed by atoms with Gasteiger partial charge in [0.25, 0.3) is 0 Å². The summed E-state index contributed by atoms with van der Waals surface area (Å²) in [6.07, 6.45) is 2.11. The van der Waals surface area contributed by atoms with Crippen LogP contribution in [0.2, 0.25) is 0 Å². The molecule has 1 nitrogen and oxygen atoms in total. The summed E-state index contributed by atoms with van der Waals surface area (Å²) in [6, 6.07) is 4.74. The SMILES string of the molecule is Fc1ccc(C2=NCCC2)c(Br)c1. The van der Waals surface area contributed by atoms with E-state index in [-0.39, 0.29) is 5.82 Å². The van der Waals surface area contributed by atoms with Gasteiger partial charge in [-0.25, -0.2) is 4.39 Å². The van der Waals surface area contributed by atoms with Crippen LogP contribution in [0.15, 0.2) is 27.7 Å². The van der Waals surface area contributed by atoms with Gasteiger partial charge in [0.1, 0.15) is 5.82 Å². The predicted molar refractivity (Wildman–Crippen MR) is 54.7 cm³/mol. The summed E-state index contributed by atoms with van der Waals surface area (Å²) in [5.41, 5.74) is 2.12. The maximum absolute atomic E-state index is 12.8. The van der Waals surface area contributed by atoms with Gasteiger partial charge in [-0.3, -0.25) is 4.99 Å². The van der Waals surface area contributed by atoms with Crippen LogP contribution in [0.4, 0.5) is 4.39 Å². The smallest absolute Gasteiger partial charge is 0.124 e. The van der Waals surface area contributed by atoms with Crippen LogP contribution in [0.25, 0.3) is 0 Å². The van der Waals surface area contributed by atoms with Crippen LogP contribution in [0, 0.1) is 5.82 Å². The van der Waals surface area contributed by atoms with E-state index in [2.05, 4.69) is 20.9 Å². The van der Waals surface area contributed by atoms with E-state index in [1.54, 1.807) is 6.07 Å². The Morgan fingerprint density at radius 3 is 2.85 bits per heavy atom. The van der Waals surface area contributed by atoms with Crippen LogP contribution >= 0.6 is 15.9 Å². The zero-order chi connectivity index (χ0) is 9.26. The Bertz CT molecular complexity index is 360. The van der Waals surface area contributed by atoms with E-state index in [0.717, 1.165) is 35.1 Å². The monoisotopic (exact) mass is 241 g/mol. The van der Waals surface area contributed by atoms with E-state index in [1.807, 2.05) is 0 Å². The molecule has 0 saturated carbocycles. The number of rotatable bonds is 1. The van der Waals surface area contributed by atoms with Crippen molar-refractivity contribution in [1.82, 2.24) is 0 Å². The number of aliphatic imine (C=N–C) groups is 1. The molecule has 1 aliphatic rings.